The number of aryl methyl sites for hydroxylation is 2. The minimum Gasteiger partial charge on any atom is -0.493 e. The molecule has 0 fully saturated rings. The van der Waals surface area contributed by atoms with Gasteiger partial charge in [-0.15, -0.1) is 0 Å². The van der Waals surface area contributed by atoms with Crippen LogP contribution in [0.15, 0.2) is 72.8 Å². The van der Waals surface area contributed by atoms with Gasteiger partial charge in [0.25, 0.3) is 5.91 Å². The molecular formula is C32H36ClN3O3. The third-order valence-corrected chi connectivity index (χ3v) is 6.75. The SMILES string of the molecule is C/C=C/c1ccc(OCCCn2c(CCCCCNC(=O)c3cccc(Cl)c3)nc3ccccc32)c(OC)c1. The first-order valence-corrected chi connectivity index (χ1v) is 13.9. The fourth-order valence-corrected chi connectivity index (χ4v) is 4.78. The van der Waals surface area contributed by atoms with Crippen LogP contribution in [0.4, 0.5) is 0 Å². The molecule has 0 spiro atoms. The maximum Gasteiger partial charge on any atom is 0.251 e. The number of amides is 1. The van der Waals surface area contributed by atoms with Crippen LogP contribution in [0.5, 0.6) is 11.5 Å². The van der Waals surface area contributed by atoms with Gasteiger partial charge in [-0.05, 0) is 74.2 Å². The van der Waals surface area contributed by atoms with Crippen LogP contribution in [0, 0.1) is 0 Å². The molecule has 0 radical (unpaired) electrons. The van der Waals surface area contributed by atoms with Crippen LogP contribution >= 0.6 is 11.6 Å². The maximum absolute atomic E-state index is 12.3. The van der Waals surface area contributed by atoms with Gasteiger partial charge < -0.3 is 19.4 Å². The predicted octanol–water partition coefficient (Wildman–Crippen LogP) is 7.34. The smallest absolute Gasteiger partial charge is 0.251 e. The minimum absolute atomic E-state index is 0.0899. The van der Waals surface area contributed by atoms with Gasteiger partial charge in [0.05, 0.1) is 24.8 Å². The van der Waals surface area contributed by atoms with E-state index in [9.17, 15) is 4.79 Å². The van der Waals surface area contributed by atoms with Crippen LogP contribution in [-0.2, 0) is 13.0 Å². The summed E-state index contributed by atoms with van der Waals surface area (Å²) in [7, 11) is 1.67. The van der Waals surface area contributed by atoms with Crippen molar-refractivity contribution >= 4 is 34.6 Å². The fraction of sp³-hybridized carbons (Fsp3) is 0.312. The zero-order valence-corrected chi connectivity index (χ0v) is 23.4. The number of carbonyl (C=O) groups is 1. The number of hydrogen-bond acceptors (Lipinski definition) is 4. The van der Waals surface area contributed by atoms with E-state index in [4.69, 9.17) is 26.1 Å². The molecule has 7 heteroatoms. The molecule has 204 valence electrons. The molecule has 0 saturated carbocycles. The van der Waals surface area contributed by atoms with E-state index >= 15 is 0 Å². The van der Waals surface area contributed by atoms with E-state index in [1.54, 1.807) is 31.4 Å². The van der Waals surface area contributed by atoms with Crippen molar-refractivity contribution in [1.29, 1.82) is 0 Å². The Hall–Kier alpha value is -3.77. The van der Waals surface area contributed by atoms with Gasteiger partial charge >= 0.3 is 0 Å². The van der Waals surface area contributed by atoms with Crippen molar-refractivity contribution in [3.8, 4) is 11.5 Å². The van der Waals surface area contributed by atoms with Gasteiger partial charge in [0.1, 0.15) is 5.82 Å². The summed E-state index contributed by atoms with van der Waals surface area (Å²) in [5, 5.41) is 3.54. The van der Waals surface area contributed by atoms with E-state index < -0.39 is 0 Å². The Labute approximate surface area is 235 Å². The number of allylic oxidation sites excluding steroid dienone is 1. The van der Waals surface area contributed by atoms with Crippen molar-refractivity contribution in [2.24, 2.45) is 0 Å². The van der Waals surface area contributed by atoms with Crippen molar-refractivity contribution in [3.63, 3.8) is 0 Å². The zero-order chi connectivity index (χ0) is 27.5. The number of carbonyl (C=O) groups excluding carboxylic acids is 1. The summed E-state index contributed by atoms with van der Waals surface area (Å²) < 4.78 is 13.9. The van der Waals surface area contributed by atoms with Crippen LogP contribution in [0.25, 0.3) is 17.1 Å². The number of nitrogens with zero attached hydrogens (tertiary/aromatic N) is 2. The number of aromatic nitrogens is 2. The highest BCUT2D eigenvalue weighted by Gasteiger charge is 2.11. The average molecular weight is 546 g/mol. The van der Waals surface area contributed by atoms with Crippen LogP contribution in [0.1, 0.15) is 54.4 Å². The molecule has 4 rings (SSSR count). The van der Waals surface area contributed by atoms with E-state index in [1.807, 2.05) is 43.3 Å². The molecule has 1 N–H and O–H groups in total. The predicted molar refractivity (Wildman–Crippen MR) is 159 cm³/mol. The second-order valence-corrected chi connectivity index (χ2v) is 9.79. The average Bonchev–Trinajstić information content (AvgIpc) is 3.30. The van der Waals surface area contributed by atoms with E-state index in [1.165, 1.54) is 0 Å². The zero-order valence-electron chi connectivity index (χ0n) is 22.7. The lowest BCUT2D eigenvalue weighted by molar-refractivity contribution is 0.0953. The standard InChI is InChI=1S/C32H36ClN3O3/c1-3-11-24-17-18-29(30(22-24)38-2)39-21-10-20-36-28-15-7-6-14-27(28)35-31(36)16-5-4-8-19-34-32(37)25-12-9-13-26(33)23-25/h3,6-7,9,11-15,17-18,22-23H,4-5,8,10,16,19-21H2,1-2H3,(H,34,37)/b11-3+. The monoisotopic (exact) mass is 545 g/mol. The lowest BCUT2D eigenvalue weighted by atomic mass is 10.1. The molecule has 0 bridgehead atoms. The molecule has 1 aromatic heterocycles. The summed E-state index contributed by atoms with van der Waals surface area (Å²) in [5.74, 6) is 2.49. The number of rotatable bonds is 14. The van der Waals surface area contributed by atoms with Gasteiger partial charge in [-0.1, -0.05) is 54.4 Å². The van der Waals surface area contributed by atoms with E-state index in [2.05, 4.69) is 28.1 Å². The van der Waals surface area contributed by atoms with Gasteiger partial charge in [-0.3, -0.25) is 4.79 Å². The minimum atomic E-state index is -0.0899. The summed E-state index contributed by atoms with van der Waals surface area (Å²) in [4.78, 5) is 17.2. The summed E-state index contributed by atoms with van der Waals surface area (Å²) in [6.45, 7) is 4.04. The summed E-state index contributed by atoms with van der Waals surface area (Å²) in [6, 6.07) is 21.3. The number of ether oxygens (including phenoxy) is 2. The number of para-hydroxylation sites is 2. The van der Waals surface area contributed by atoms with Crippen molar-refractivity contribution in [3.05, 3.63) is 94.8 Å². The first-order valence-electron chi connectivity index (χ1n) is 13.5. The molecule has 0 aliphatic rings. The summed E-state index contributed by atoms with van der Waals surface area (Å²) in [6.07, 6.45) is 8.70. The largest absolute Gasteiger partial charge is 0.493 e. The van der Waals surface area contributed by atoms with Gasteiger partial charge in [0.2, 0.25) is 0 Å². The van der Waals surface area contributed by atoms with Gasteiger partial charge in [0.15, 0.2) is 11.5 Å². The van der Waals surface area contributed by atoms with Crippen LogP contribution in [0.3, 0.4) is 0 Å². The number of benzene rings is 3. The number of nitrogens with one attached hydrogen (secondary N) is 1. The quantitative estimate of drug-likeness (QED) is 0.168. The number of methoxy groups -OCH3 is 1. The number of fused-ring (bicyclic) bond motifs is 1. The third kappa shape index (κ3) is 7.87. The lowest BCUT2D eigenvalue weighted by Gasteiger charge is -2.13. The molecular weight excluding hydrogens is 510 g/mol. The lowest BCUT2D eigenvalue weighted by Crippen LogP contribution is -2.24. The Balaban J connectivity index is 1.27. The fourth-order valence-electron chi connectivity index (χ4n) is 4.59. The number of imidazole rings is 1. The van der Waals surface area contributed by atoms with Crippen molar-refractivity contribution in [2.45, 2.75) is 45.6 Å². The van der Waals surface area contributed by atoms with Gasteiger partial charge in [-0.2, -0.15) is 0 Å². The topological polar surface area (TPSA) is 65.4 Å². The molecule has 0 aliphatic heterocycles. The molecule has 0 atom stereocenters. The van der Waals surface area contributed by atoms with E-state index in [0.29, 0.717) is 23.7 Å². The van der Waals surface area contributed by atoms with E-state index in [-0.39, 0.29) is 5.91 Å². The molecule has 1 heterocycles. The summed E-state index contributed by atoms with van der Waals surface area (Å²) >= 11 is 5.98. The molecule has 4 aromatic rings. The molecule has 0 unspecified atom stereocenters. The molecule has 3 aromatic carbocycles. The highest BCUT2D eigenvalue weighted by molar-refractivity contribution is 6.30. The first-order chi connectivity index (χ1) is 19.1. The number of halogens is 1. The van der Waals surface area contributed by atoms with E-state index in [0.717, 1.165) is 72.6 Å². The molecule has 1 amide bonds. The number of hydrogen-bond donors (Lipinski definition) is 1. The van der Waals surface area contributed by atoms with Crippen molar-refractivity contribution in [2.75, 3.05) is 20.3 Å². The third-order valence-electron chi connectivity index (χ3n) is 6.51. The second kappa shape index (κ2) is 14.4. The van der Waals surface area contributed by atoms with Crippen LogP contribution in [0.2, 0.25) is 5.02 Å². The first kappa shape index (κ1) is 28.2. The highest BCUT2D eigenvalue weighted by atomic mass is 35.5. The van der Waals surface area contributed by atoms with Gasteiger partial charge in [0, 0.05) is 30.1 Å². The molecule has 6 nitrogen and oxygen atoms in total. The van der Waals surface area contributed by atoms with Crippen LogP contribution < -0.4 is 14.8 Å². The Bertz CT molecular complexity index is 1410. The number of unbranched alkanes of at least 4 members (excludes halogenated alkanes) is 2. The van der Waals surface area contributed by atoms with Crippen molar-refractivity contribution < 1.29 is 14.3 Å². The Morgan fingerprint density at radius 1 is 1.00 bits per heavy atom. The Kier molecular flexibility index (Phi) is 10.4. The summed E-state index contributed by atoms with van der Waals surface area (Å²) in [5.41, 5.74) is 3.84. The van der Waals surface area contributed by atoms with Crippen molar-refractivity contribution in [1.82, 2.24) is 14.9 Å². The normalized spacial score (nSPS) is 11.3. The second-order valence-electron chi connectivity index (χ2n) is 9.36. The highest BCUT2D eigenvalue weighted by Crippen LogP contribution is 2.29. The van der Waals surface area contributed by atoms with Crippen LogP contribution in [-0.4, -0.2) is 35.7 Å². The molecule has 39 heavy (non-hydrogen) atoms. The molecule has 0 saturated heterocycles. The molecule has 0 aliphatic carbocycles. The maximum atomic E-state index is 12.3. The Morgan fingerprint density at radius 3 is 2.69 bits per heavy atom. The Morgan fingerprint density at radius 2 is 1.87 bits per heavy atom. The van der Waals surface area contributed by atoms with Gasteiger partial charge in [-0.25, -0.2) is 4.98 Å².